The molecule has 6 aliphatic heterocycles. The van der Waals surface area contributed by atoms with Crippen LogP contribution in [0.1, 0.15) is 57.6 Å². The van der Waals surface area contributed by atoms with Crippen LogP contribution in [0.25, 0.3) is 11.2 Å². The zero-order chi connectivity index (χ0) is 28.8. The van der Waals surface area contributed by atoms with Gasteiger partial charge in [-0.1, -0.05) is 0 Å². The zero-order valence-corrected chi connectivity index (χ0v) is 23.2. The van der Waals surface area contributed by atoms with Gasteiger partial charge in [-0.3, -0.25) is 19.5 Å². The standard InChI is InChI=1S/C19H22N4.C10H13N5O4/c1-3-14-10-16-5-7-18(22-16)19-8-6-17(23-19)11-15-4-2-13(21-15)9-12(1)20-14;11-8-5-9(13-2-12-8)15(3-14-5)10-7(18)6(17)4(1-16)19-10/h9-11,18-19,22H,1-8H2;2-4,6-7,10,16-18H,1H2,(H2,11,12,13)/t;4-,6-,7-,10-/m.1/s1. The zero-order valence-electron chi connectivity index (χ0n) is 23.2. The maximum atomic E-state index is 9.95. The van der Waals surface area contributed by atoms with Gasteiger partial charge in [0.2, 0.25) is 0 Å². The number of aliphatic hydroxyl groups excluding tert-OH is 3. The molecule has 0 spiro atoms. The summed E-state index contributed by atoms with van der Waals surface area (Å²) in [5.74, 6) is 0.218. The fourth-order valence-electron chi connectivity index (χ4n) is 6.41. The van der Waals surface area contributed by atoms with Crippen LogP contribution in [0.3, 0.4) is 0 Å². The summed E-state index contributed by atoms with van der Waals surface area (Å²) in [4.78, 5) is 26.5. The van der Waals surface area contributed by atoms with Crippen LogP contribution < -0.4 is 11.1 Å². The van der Waals surface area contributed by atoms with E-state index in [0.717, 1.165) is 38.5 Å². The molecule has 2 saturated heterocycles. The number of aliphatic imine (C=N–C) groups is 3. The van der Waals surface area contributed by atoms with Gasteiger partial charge >= 0.3 is 0 Å². The van der Waals surface area contributed by atoms with Crippen molar-refractivity contribution in [3.05, 3.63) is 48.0 Å². The number of aromatic nitrogens is 4. The molecule has 2 fully saturated rings. The maximum Gasteiger partial charge on any atom is 0.167 e. The van der Waals surface area contributed by atoms with E-state index in [0.29, 0.717) is 23.2 Å². The molecule has 8 heterocycles. The number of ether oxygens (including phenoxy) is 1. The van der Waals surface area contributed by atoms with E-state index in [1.807, 2.05) is 0 Å². The summed E-state index contributed by atoms with van der Waals surface area (Å²) < 4.78 is 6.85. The fraction of sp³-hybridized carbons (Fsp3) is 0.517. The van der Waals surface area contributed by atoms with Crippen LogP contribution in [0.15, 0.2) is 63.0 Å². The summed E-state index contributed by atoms with van der Waals surface area (Å²) in [6.45, 7) is -0.390. The second kappa shape index (κ2) is 11.1. The van der Waals surface area contributed by atoms with E-state index in [4.69, 9.17) is 30.6 Å². The Morgan fingerprint density at radius 3 is 2.40 bits per heavy atom. The van der Waals surface area contributed by atoms with Gasteiger partial charge in [-0.2, -0.15) is 0 Å². The van der Waals surface area contributed by atoms with Crippen molar-refractivity contribution < 1.29 is 20.1 Å². The summed E-state index contributed by atoms with van der Waals surface area (Å²) in [7, 11) is 0. The van der Waals surface area contributed by atoms with E-state index in [2.05, 4.69) is 38.5 Å². The molecular formula is C29H35N9O4. The van der Waals surface area contributed by atoms with Crippen LogP contribution in [0.2, 0.25) is 0 Å². The Hall–Kier alpha value is -3.78. The first-order valence-corrected chi connectivity index (χ1v) is 14.6. The van der Waals surface area contributed by atoms with Crippen molar-refractivity contribution in [3.8, 4) is 0 Å². The van der Waals surface area contributed by atoms with Crippen molar-refractivity contribution in [2.45, 2.75) is 88.0 Å². The minimum Gasteiger partial charge on any atom is -0.394 e. The predicted molar refractivity (Wildman–Crippen MR) is 157 cm³/mol. The molecule has 0 amide bonds. The van der Waals surface area contributed by atoms with E-state index in [1.165, 1.54) is 64.3 Å². The molecule has 42 heavy (non-hydrogen) atoms. The predicted octanol–water partition coefficient (Wildman–Crippen LogP) is 1.50. The molecule has 0 radical (unpaired) electrons. The third kappa shape index (κ3) is 5.17. The minimum absolute atomic E-state index is 0.218. The fourth-order valence-corrected chi connectivity index (χ4v) is 6.41. The quantitative estimate of drug-likeness (QED) is 0.355. The highest BCUT2D eigenvalue weighted by atomic mass is 16.6. The smallest absolute Gasteiger partial charge is 0.167 e. The average Bonchev–Trinajstić information content (AvgIpc) is 3.82. The van der Waals surface area contributed by atoms with Crippen molar-refractivity contribution in [2.24, 2.45) is 15.0 Å². The van der Waals surface area contributed by atoms with Crippen LogP contribution >= 0.6 is 0 Å². The Kier molecular flexibility index (Phi) is 7.18. The van der Waals surface area contributed by atoms with Gasteiger partial charge in [-0.15, -0.1) is 0 Å². The molecule has 6 aliphatic rings. The van der Waals surface area contributed by atoms with Crippen molar-refractivity contribution in [1.82, 2.24) is 24.8 Å². The molecule has 2 aromatic heterocycles. The number of fused-ring (bicyclic) bond motifs is 7. The van der Waals surface area contributed by atoms with Crippen molar-refractivity contribution >= 4 is 34.1 Å². The van der Waals surface area contributed by atoms with E-state index in [1.54, 1.807) is 0 Å². The van der Waals surface area contributed by atoms with Gasteiger partial charge < -0.3 is 31.1 Å². The highest BCUT2D eigenvalue weighted by Crippen LogP contribution is 2.32. The summed E-state index contributed by atoms with van der Waals surface area (Å²) in [6.07, 6.45) is 14.1. The molecule has 2 unspecified atom stereocenters. The lowest BCUT2D eigenvalue weighted by atomic mass is 10.0. The molecule has 6 N–H and O–H groups in total. The largest absolute Gasteiger partial charge is 0.394 e. The molecule has 6 atom stereocenters. The molecule has 0 aromatic carbocycles. The second-order valence-corrected chi connectivity index (χ2v) is 11.5. The van der Waals surface area contributed by atoms with E-state index in [-0.39, 0.29) is 5.82 Å². The topological polar surface area (TPSA) is 189 Å². The van der Waals surface area contributed by atoms with Crippen molar-refractivity contribution in [3.63, 3.8) is 0 Å². The summed E-state index contributed by atoms with van der Waals surface area (Å²) in [5.41, 5.74) is 13.8. The lowest BCUT2D eigenvalue weighted by Crippen LogP contribution is -2.33. The SMILES string of the molecule is C1=C2CCC(=N2)C=C2CCC(N2)C2CCC(=N2)C=C2CCC1=N2.Nc1ncnc2c1ncn2[C@@H]1O[C@H](CO)[C@@H](O)[C@H]1O. The average molecular weight is 574 g/mol. The maximum absolute atomic E-state index is 9.95. The highest BCUT2D eigenvalue weighted by Gasteiger charge is 2.44. The van der Waals surface area contributed by atoms with E-state index >= 15 is 0 Å². The molecule has 2 aromatic rings. The molecule has 0 aliphatic carbocycles. The van der Waals surface area contributed by atoms with Gasteiger partial charge in [-0.05, 0) is 69.6 Å². The lowest BCUT2D eigenvalue weighted by molar-refractivity contribution is -0.0511. The van der Waals surface area contributed by atoms with Gasteiger partial charge in [0.15, 0.2) is 17.7 Å². The third-order valence-corrected chi connectivity index (χ3v) is 8.62. The van der Waals surface area contributed by atoms with E-state index in [9.17, 15) is 10.2 Å². The first-order chi connectivity index (χ1) is 20.4. The molecule has 13 heteroatoms. The number of imidazole rings is 1. The molecule has 13 nitrogen and oxygen atoms in total. The number of nitrogens with two attached hydrogens (primary N) is 1. The Morgan fingerprint density at radius 2 is 1.64 bits per heavy atom. The van der Waals surface area contributed by atoms with Gasteiger partial charge in [0.25, 0.3) is 0 Å². The number of nitrogens with zero attached hydrogens (tertiary/aromatic N) is 7. The molecule has 8 bridgehead atoms. The number of rotatable bonds is 2. The molecular weight excluding hydrogens is 538 g/mol. The van der Waals surface area contributed by atoms with E-state index < -0.39 is 31.1 Å². The van der Waals surface area contributed by atoms with Gasteiger partial charge in [0.05, 0.1) is 19.0 Å². The van der Waals surface area contributed by atoms with Crippen LogP contribution in [-0.2, 0) is 4.74 Å². The van der Waals surface area contributed by atoms with Crippen LogP contribution in [0, 0.1) is 0 Å². The molecule has 220 valence electrons. The number of nitrogen functional groups attached to an aromatic ring is 1. The van der Waals surface area contributed by atoms with Gasteiger partial charge in [-0.25, -0.2) is 15.0 Å². The number of allylic oxidation sites excluding steroid dienone is 6. The van der Waals surface area contributed by atoms with Crippen molar-refractivity contribution in [1.29, 1.82) is 0 Å². The normalized spacial score (nSPS) is 31.6. The third-order valence-electron chi connectivity index (χ3n) is 8.62. The summed E-state index contributed by atoms with van der Waals surface area (Å²) in [6, 6.07) is 0.934. The minimum atomic E-state index is -1.19. The Bertz CT molecular complexity index is 1570. The number of aliphatic hydroxyl groups is 3. The first-order valence-electron chi connectivity index (χ1n) is 14.6. The Balaban J connectivity index is 0.000000140. The number of hydrogen-bond donors (Lipinski definition) is 5. The van der Waals surface area contributed by atoms with Gasteiger partial charge in [0.1, 0.15) is 30.2 Å². The van der Waals surface area contributed by atoms with Crippen molar-refractivity contribution in [2.75, 3.05) is 12.3 Å². The number of hydrogen-bond acceptors (Lipinski definition) is 12. The number of nitrogens with one attached hydrogen (secondary N) is 1. The summed E-state index contributed by atoms with van der Waals surface area (Å²) in [5, 5.41) is 32.4. The Labute approximate surface area is 242 Å². The molecule has 8 rings (SSSR count). The van der Waals surface area contributed by atoms with Crippen LogP contribution in [0.4, 0.5) is 5.82 Å². The second-order valence-electron chi connectivity index (χ2n) is 11.5. The Morgan fingerprint density at radius 1 is 0.881 bits per heavy atom. The van der Waals surface area contributed by atoms with Crippen LogP contribution in [-0.4, -0.2) is 89.0 Å². The van der Waals surface area contributed by atoms with Gasteiger partial charge in [0, 0.05) is 40.3 Å². The monoisotopic (exact) mass is 573 g/mol. The number of anilines is 1. The first kappa shape index (κ1) is 27.1. The van der Waals surface area contributed by atoms with Crippen LogP contribution in [0.5, 0.6) is 0 Å². The summed E-state index contributed by atoms with van der Waals surface area (Å²) >= 11 is 0. The lowest BCUT2D eigenvalue weighted by Gasteiger charge is -2.16. The highest BCUT2D eigenvalue weighted by molar-refractivity contribution is 6.03. The molecule has 0 saturated carbocycles.